The number of imidazole rings is 1. The van der Waals surface area contributed by atoms with Crippen molar-refractivity contribution in [3.8, 4) is 11.5 Å². The van der Waals surface area contributed by atoms with Crippen LogP contribution in [0.5, 0.6) is 11.5 Å². The van der Waals surface area contributed by atoms with Crippen molar-refractivity contribution < 1.29 is 18.7 Å². The van der Waals surface area contributed by atoms with E-state index < -0.39 is 0 Å². The third-order valence-corrected chi connectivity index (χ3v) is 7.89. The number of halogens is 1. The molecule has 1 aliphatic rings. The number of carbonyl (C=O) groups is 1. The van der Waals surface area contributed by atoms with E-state index in [0.717, 1.165) is 28.3 Å². The molecule has 220 valence electrons. The Kier molecular flexibility index (Phi) is 8.54. The van der Waals surface area contributed by atoms with E-state index in [2.05, 4.69) is 16.0 Å². The summed E-state index contributed by atoms with van der Waals surface area (Å²) in [6, 6.07) is 28.3. The van der Waals surface area contributed by atoms with Crippen molar-refractivity contribution in [2.45, 2.75) is 25.9 Å². The first kappa shape index (κ1) is 28.3. The molecule has 43 heavy (non-hydrogen) atoms. The van der Waals surface area contributed by atoms with Crippen molar-refractivity contribution in [3.05, 3.63) is 126 Å². The summed E-state index contributed by atoms with van der Waals surface area (Å²) in [6.07, 6.45) is 3.89. The number of amides is 1. The Hall–Kier alpha value is -4.85. The first-order chi connectivity index (χ1) is 21.1. The first-order valence-corrected chi connectivity index (χ1v) is 14.7. The maximum atomic E-state index is 14.4. The van der Waals surface area contributed by atoms with Gasteiger partial charge in [0.1, 0.15) is 18.2 Å². The monoisotopic (exact) mass is 578 g/mol. The van der Waals surface area contributed by atoms with Crippen LogP contribution in [0.25, 0.3) is 5.65 Å². The van der Waals surface area contributed by atoms with Crippen molar-refractivity contribution in [2.75, 3.05) is 37.7 Å². The van der Waals surface area contributed by atoms with Gasteiger partial charge in [-0.05, 0) is 54.4 Å². The topological polar surface area (TPSA) is 59.3 Å². The molecule has 3 aromatic carbocycles. The van der Waals surface area contributed by atoms with Crippen LogP contribution in [0.1, 0.15) is 36.1 Å². The number of piperazine rings is 1. The fourth-order valence-corrected chi connectivity index (χ4v) is 5.72. The molecule has 2 aromatic heterocycles. The Balaban J connectivity index is 1.22. The van der Waals surface area contributed by atoms with Gasteiger partial charge in [-0.15, -0.1) is 0 Å². The van der Waals surface area contributed by atoms with E-state index in [1.54, 1.807) is 12.3 Å². The van der Waals surface area contributed by atoms with Crippen LogP contribution in [0, 0.1) is 5.82 Å². The van der Waals surface area contributed by atoms with E-state index in [-0.39, 0.29) is 24.1 Å². The number of carbonyl (C=O) groups excluding carboxylic acids is 1. The summed E-state index contributed by atoms with van der Waals surface area (Å²) in [5.41, 5.74) is 4.30. The Morgan fingerprint density at radius 1 is 0.884 bits per heavy atom. The molecule has 0 bridgehead atoms. The van der Waals surface area contributed by atoms with Crippen LogP contribution in [-0.2, 0) is 11.4 Å². The number of fused-ring (bicyclic) bond motifs is 1. The zero-order valence-electron chi connectivity index (χ0n) is 24.2. The highest BCUT2D eigenvalue weighted by atomic mass is 19.1. The van der Waals surface area contributed by atoms with Gasteiger partial charge in [-0.3, -0.25) is 4.79 Å². The van der Waals surface area contributed by atoms with Crippen molar-refractivity contribution in [3.63, 3.8) is 0 Å². The molecule has 0 N–H and O–H groups in total. The Morgan fingerprint density at radius 2 is 1.65 bits per heavy atom. The second kappa shape index (κ2) is 13.0. The number of para-hydroxylation sites is 2. The number of nitrogens with zero attached hydrogens (tertiary/aromatic N) is 4. The standard InChI is InChI=1S/C35H35FN4O3/c1-2-42-32-15-7-6-14-30(32)38-18-20-39(21-19-38)34(41)23-29(27-12-8-13-28(36)22-27)31-24-37-35-33(16-9-17-40(31)35)43-25-26-10-4-3-5-11-26/h3-17,22,24,29H,2,18-21,23,25H2,1H3. The molecule has 1 unspecified atom stereocenters. The fourth-order valence-electron chi connectivity index (χ4n) is 5.72. The van der Waals surface area contributed by atoms with Gasteiger partial charge in [-0.2, -0.15) is 0 Å². The summed E-state index contributed by atoms with van der Waals surface area (Å²) < 4.78 is 28.4. The Labute approximate surface area is 251 Å². The summed E-state index contributed by atoms with van der Waals surface area (Å²) in [7, 11) is 0. The minimum atomic E-state index is -0.390. The van der Waals surface area contributed by atoms with Gasteiger partial charge >= 0.3 is 0 Å². The van der Waals surface area contributed by atoms with Gasteiger partial charge in [-0.25, -0.2) is 9.37 Å². The molecule has 0 saturated carbocycles. The number of anilines is 1. The summed E-state index contributed by atoms with van der Waals surface area (Å²) in [4.78, 5) is 22.6. The van der Waals surface area contributed by atoms with Crippen molar-refractivity contribution in [1.29, 1.82) is 0 Å². The molecule has 1 saturated heterocycles. The zero-order valence-corrected chi connectivity index (χ0v) is 24.2. The number of aromatic nitrogens is 2. The summed E-state index contributed by atoms with van der Waals surface area (Å²) >= 11 is 0. The van der Waals surface area contributed by atoms with Crippen molar-refractivity contribution in [2.24, 2.45) is 0 Å². The summed E-state index contributed by atoms with van der Waals surface area (Å²) in [5.74, 6) is 0.802. The van der Waals surface area contributed by atoms with E-state index in [4.69, 9.17) is 9.47 Å². The number of hydrogen-bond acceptors (Lipinski definition) is 5. The molecule has 6 rings (SSSR count). The molecule has 8 heteroatoms. The van der Waals surface area contributed by atoms with Gasteiger partial charge in [0.05, 0.1) is 18.0 Å². The minimum Gasteiger partial charge on any atom is -0.492 e. The lowest BCUT2D eigenvalue weighted by Crippen LogP contribution is -2.49. The third kappa shape index (κ3) is 6.33. The normalized spacial score (nSPS) is 14.1. The highest BCUT2D eigenvalue weighted by molar-refractivity contribution is 5.78. The third-order valence-electron chi connectivity index (χ3n) is 7.89. The van der Waals surface area contributed by atoms with Gasteiger partial charge in [0.25, 0.3) is 0 Å². The van der Waals surface area contributed by atoms with Gasteiger partial charge in [0.15, 0.2) is 11.4 Å². The lowest BCUT2D eigenvalue weighted by molar-refractivity contribution is -0.131. The first-order valence-electron chi connectivity index (χ1n) is 14.7. The highest BCUT2D eigenvalue weighted by Crippen LogP contribution is 2.33. The average molecular weight is 579 g/mol. The quantitative estimate of drug-likeness (QED) is 0.194. The van der Waals surface area contributed by atoms with Gasteiger partial charge in [0.2, 0.25) is 5.91 Å². The molecule has 5 aromatic rings. The van der Waals surface area contributed by atoms with E-state index >= 15 is 0 Å². The molecule has 1 aliphatic heterocycles. The SMILES string of the molecule is CCOc1ccccc1N1CCN(C(=O)CC(c2cccc(F)c2)c2cnc3c(OCc4ccccc4)cccn23)CC1. The summed E-state index contributed by atoms with van der Waals surface area (Å²) in [5, 5.41) is 0. The van der Waals surface area contributed by atoms with E-state index in [9.17, 15) is 9.18 Å². The maximum absolute atomic E-state index is 14.4. The molecule has 0 aliphatic carbocycles. The predicted octanol–water partition coefficient (Wildman–Crippen LogP) is 6.32. The molecule has 0 radical (unpaired) electrons. The largest absolute Gasteiger partial charge is 0.492 e. The van der Waals surface area contributed by atoms with Crippen LogP contribution in [-0.4, -0.2) is 53.0 Å². The lowest BCUT2D eigenvalue weighted by Gasteiger charge is -2.37. The Morgan fingerprint density at radius 3 is 2.44 bits per heavy atom. The van der Waals surface area contributed by atoms with Gasteiger partial charge in [-0.1, -0.05) is 54.6 Å². The van der Waals surface area contributed by atoms with Crippen LogP contribution in [0.3, 0.4) is 0 Å². The number of rotatable bonds is 10. The van der Waals surface area contributed by atoms with Crippen molar-refractivity contribution in [1.82, 2.24) is 14.3 Å². The number of benzene rings is 3. The van der Waals surface area contributed by atoms with E-state index in [0.29, 0.717) is 50.8 Å². The molecule has 1 amide bonds. The van der Waals surface area contributed by atoms with Crippen molar-refractivity contribution >= 4 is 17.2 Å². The summed E-state index contributed by atoms with van der Waals surface area (Å²) in [6.45, 7) is 5.59. The van der Waals surface area contributed by atoms with E-state index in [1.807, 2.05) is 89.2 Å². The van der Waals surface area contributed by atoms with Crippen LogP contribution in [0.15, 0.2) is 103 Å². The van der Waals surface area contributed by atoms with Crippen LogP contribution in [0.4, 0.5) is 10.1 Å². The zero-order chi connectivity index (χ0) is 29.6. The lowest BCUT2D eigenvalue weighted by atomic mass is 9.92. The highest BCUT2D eigenvalue weighted by Gasteiger charge is 2.28. The molecule has 0 spiro atoms. The van der Waals surface area contributed by atoms with Gasteiger partial charge < -0.3 is 23.7 Å². The molecule has 7 nitrogen and oxygen atoms in total. The molecule has 1 atom stereocenters. The smallest absolute Gasteiger partial charge is 0.223 e. The molecular weight excluding hydrogens is 543 g/mol. The minimum absolute atomic E-state index is 0.0263. The molecule has 1 fully saturated rings. The van der Waals surface area contributed by atoms with Gasteiger partial charge in [0, 0.05) is 50.9 Å². The fraction of sp³-hybridized carbons (Fsp3) is 0.257. The molecular formula is C35H35FN4O3. The Bertz CT molecular complexity index is 1680. The van der Waals surface area contributed by atoms with Crippen LogP contribution < -0.4 is 14.4 Å². The number of pyridine rings is 1. The molecule has 3 heterocycles. The second-order valence-electron chi connectivity index (χ2n) is 10.6. The predicted molar refractivity (Wildman–Crippen MR) is 165 cm³/mol. The second-order valence-corrected chi connectivity index (χ2v) is 10.6. The number of ether oxygens (including phenoxy) is 2. The van der Waals surface area contributed by atoms with E-state index in [1.165, 1.54) is 12.1 Å². The van der Waals surface area contributed by atoms with Crippen LogP contribution >= 0.6 is 0 Å². The number of hydrogen-bond donors (Lipinski definition) is 0. The maximum Gasteiger partial charge on any atom is 0.223 e. The van der Waals surface area contributed by atoms with Crippen LogP contribution in [0.2, 0.25) is 0 Å². The average Bonchev–Trinajstić information content (AvgIpc) is 3.48.